The number of urea groups is 1. The van der Waals surface area contributed by atoms with Crippen LogP contribution in [-0.4, -0.2) is 41.9 Å². The van der Waals surface area contributed by atoms with E-state index in [1.165, 1.54) is 4.90 Å². The number of carbonyl (C=O) groups excluding carboxylic acids is 3. The Labute approximate surface area is 101 Å². The van der Waals surface area contributed by atoms with Crippen molar-refractivity contribution < 1.29 is 14.4 Å². The Morgan fingerprint density at radius 1 is 1.47 bits per heavy atom. The molecule has 1 atom stereocenters. The molecule has 1 fully saturated rings. The zero-order valence-electron chi connectivity index (χ0n) is 10.3. The van der Waals surface area contributed by atoms with Gasteiger partial charge in [0, 0.05) is 6.54 Å². The molecule has 0 aromatic heterocycles. The highest BCUT2D eigenvalue weighted by Gasteiger charge is 2.35. The van der Waals surface area contributed by atoms with Crippen LogP contribution in [0.15, 0.2) is 0 Å². The van der Waals surface area contributed by atoms with Gasteiger partial charge in [-0.3, -0.25) is 14.9 Å². The van der Waals surface area contributed by atoms with Crippen molar-refractivity contribution >= 4 is 17.8 Å². The molecule has 4 amide bonds. The summed E-state index contributed by atoms with van der Waals surface area (Å²) in [5.74, 6) is -0.820. The van der Waals surface area contributed by atoms with Crippen LogP contribution in [0.4, 0.5) is 4.79 Å². The molecule has 96 valence electrons. The van der Waals surface area contributed by atoms with E-state index in [1.54, 1.807) is 0 Å². The van der Waals surface area contributed by atoms with Crippen LogP contribution in [0.5, 0.6) is 0 Å². The second-order valence-corrected chi connectivity index (χ2v) is 4.05. The molecule has 0 aromatic rings. The molecule has 1 aliphatic rings. The Morgan fingerprint density at radius 3 is 2.76 bits per heavy atom. The molecule has 1 saturated heterocycles. The molecule has 1 aliphatic heterocycles. The summed E-state index contributed by atoms with van der Waals surface area (Å²) < 4.78 is 0. The lowest BCUT2D eigenvalue weighted by molar-refractivity contribution is -0.138. The summed E-state index contributed by atoms with van der Waals surface area (Å²) in [7, 11) is 0. The van der Waals surface area contributed by atoms with E-state index in [1.807, 2.05) is 13.8 Å². The van der Waals surface area contributed by atoms with Gasteiger partial charge < -0.3 is 10.2 Å². The highest BCUT2D eigenvalue weighted by molar-refractivity contribution is 6.04. The van der Waals surface area contributed by atoms with Gasteiger partial charge in [-0.15, -0.1) is 0 Å². The number of hydrogen-bond donors (Lipinski definition) is 2. The minimum absolute atomic E-state index is 0.0534. The molecular weight excluding hydrogens is 222 g/mol. The molecule has 0 aliphatic carbocycles. The largest absolute Gasteiger partial charge is 0.338 e. The Hall–Kier alpha value is -1.59. The number of piperazine rings is 1. The van der Waals surface area contributed by atoms with Crippen LogP contribution in [0.2, 0.25) is 0 Å². The number of nitrogens with zero attached hydrogens (tertiary/aromatic N) is 1. The molecule has 0 saturated carbocycles. The van der Waals surface area contributed by atoms with Crippen molar-refractivity contribution in [1.82, 2.24) is 15.5 Å². The van der Waals surface area contributed by atoms with Gasteiger partial charge in [-0.1, -0.05) is 20.3 Å². The van der Waals surface area contributed by atoms with Crippen LogP contribution in [0.1, 0.15) is 33.1 Å². The minimum atomic E-state index is -0.547. The monoisotopic (exact) mass is 241 g/mol. The van der Waals surface area contributed by atoms with Gasteiger partial charge in [-0.25, -0.2) is 4.79 Å². The number of amides is 4. The Balaban J connectivity index is 2.61. The van der Waals surface area contributed by atoms with Crippen LogP contribution in [0, 0.1) is 0 Å². The first-order valence-electron chi connectivity index (χ1n) is 5.98. The summed E-state index contributed by atoms with van der Waals surface area (Å²) in [4.78, 5) is 35.9. The zero-order valence-corrected chi connectivity index (χ0v) is 10.3. The third-order valence-corrected chi connectivity index (χ3v) is 2.71. The van der Waals surface area contributed by atoms with Crippen molar-refractivity contribution in [3.05, 3.63) is 0 Å². The third kappa shape index (κ3) is 3.44. The molecule has 1 heterocycles. The van der Waals surface area contributed by atoms with E-state index in [9.17, 15) is 14.4 Å². The number of carbonyl (C=O) groups is 3. The van der Waals surface area contributed by atoms with Crippen LogP contribution in [0.3, 0.4) is 0 Å². The Morgan fingerprint density at radius 2 is 2.18 bits per heavy atom. The van der Waals surface area contributed by atoms with Gasteiger partial charge in [-0.05, 0) is 12.8 Å². The average molecular weight is 241 g/mol. The first-order chi connectivity index (χ1) is 8.10. The van der Waals surface area contributed by atoms with Gasteiger partial charge in [0.25, 0.3) is 0 Å². The van der Waals surface area contributed by atoms with E-state index in [0.717, 1.165) is 12.8 Å². The van der Waals surface area contributed by atoms with E-state index in [4.69, 9.17) is 0 Å². The maximum atomic E-state index is 11.8. The fourth-order valence-corrected chi connectivity index (χ4v) is 1.76. The second kappa shape index (κ2) is 6.22. The van der Waals surface area contributed by atoms with Crippen molar-refractivity contribution in [3.63, 3.8) is 0 Å². The van der Waals surface area contributed by atoms with Crippen molar-refractivity contribution in [2.75, 3.05) is 13.1 Å². The van der Waals surface area contributed by atoms with Crippen molar-refractivity contribution in [1.29, 1.82) is 0 Å². The van der Waals surface area contributed by atoms with E-state index in [2.05, 4.69) is 10.6 Å². The zero-order chi connectivity index (χ0) is 12.8. The van der Waals surface area contributed by atoms with Gasteiger partial charge in [0.15, 0.2) is 0 Å². The molecule has 2 N–H and O–H groups in total. The van der Waals surface area contributed by atoms with Gasteiger partial charge in [0.2, 0.25) is 11.8 Å². The summed E-state index contributed by atoms with van der Waals surface area (Å²) in [6, 6.07) is -0.886. The standard InChI is InChI=1S/C11H19N3O3/c1-3-5-6-12-11(17)14-7-9(15)13-10(16)8(14)4-2/h8H,3-7H2,1-2H3,(H,12,17)(H,13,15,16). The van der Waals surface area contributed by atoms with Crippen molar-refractivity contribution in [3.8, 4) is 0 Å². The molecule has 1 unspecified atom stereocenters. The Kier molecular flexibility index (Phi) is 4.93. The number of rotatable bonds is 4. The fourth-order valence-electron chi connectivity index (χ4n) is 1.76. The quantitative estimate of drug-likeness (QED) is 0.546. The predicted molar refractivity (Wildman–Crippen MR) is 62.2 cm³/mol. The summed E-state index contributed by atoms with van der Waals surface area (Å²) in [5.41, 5.74) is 0. The smallest absolute Gasteiger partial charge is 0.318 e. The van der Waals surface area contributed by atoms with E-state index >= 15 is 0 Å². The lowest BCUT2D eigenvalue weighted by Crippen LogP contribution is -2.61. The van der Waals surface area contributed by atoms with Crippen molar-refractivity contribution in [2.24, 2.45) is 0 Å². The molecule has 6 heteroatoms. The van der Waals surface area contributed by atoms with Crippen LogP contribution in [-0.2, 0) is 9.59 Å². The number of imide groups is 1. The molecule has 0 bridgehead atoms. The maximum Gasteiger partial charge on any atom is 0.318 e. The first kappa shape index (κ1) is 13.5. The van der Waals surface area contributed by atoms with Gasteiger partial charge in [0.1, 0.15) is 12.6 Å². The van der Waals surface area contributed by atoms with E-state index in [-0.39, 0.29) is 12.6 Å². The van der Waals surface area contributed by atoms with Crippen molar-refractivity contribution in [2.45, 2.75) is 39.2 Å². The van der Waals surface area contributed by atoms with Crippen LogP contribution >= 0.6 is 0 Å². The average Bonchev–Trinajstić information content (AvgIpc) is 2.28. The van der Waals surface area contributed by atoms with E-state index in [0.29, 0.717) is 13.0 Å². The fraction of sp³-hybridized carbons (Fsp3) is 0.727. The van der Waals surface area contributed by atoms with Crippen LogP contribution < -0.4 is 10.6 Å². The van der Waals surface area contributed by atoms with Gasteiger partial charge in [-0.2, -0.15) is 0 Å². The number of nitrogens with one attached hydrogen (secondary N) is 2. The first-order valence-corrected chi connectivity index (χ1v) is 5.98. The second-order valence-electron chi connectivity index (χ2n) is 4.05. The van der Waals surface area contributed by atoms with Gasteiger partial charge in [0.05, 0.1) is 0 Å². The topological polar surface area (TPSA) is 78.5 Å². The van der Waals surface area contributed by atoms with Gasteiger partial charge >= 0.3 is 6.03 Å². The van der Waals surface area contributed by atoms with E-state index < -0.39 is 17.9 Å². The number of unbranched alkanes of at least 4 members (excludes halogenated alkanes) is 1. The lowest BCUT2D eigenvalue weighted by atomic mass is 10.1. The highest BCUT2D eigenvalue weighted by Crippen LogP contribution is 2.09. The minimum Gasteiger partial charge on any atom is -0.338 e. The Bertz CT molecular complexity index is 317. The summed E-state index contributed by atoms with van der Waals surface area (Å²) in [5, 5.41) is 4.95. The molecule has 0 radical (unpaired) electrons. The molecule has 1 rings (SSSR count). The maximum absolute atomic E-state index is 11.8. The highest BCUT2D eigenvalue weighted by atomic mass is 16.2. The SMILES string of the molecule is CCCCNC(=O)N1CC(=O)NC(=O)C1CC. The normalized spacial score (nSPS) is 20.1. The summed E-state index contributed by atoms with van der Waals surface area (Å²) in [6.45, 7) is 4.35. The predicted octanol–water partition coefficient (Wildman–Crippen LogP) is 0.233. The molecular formula is C11H19N3O3. The summed E-state index contributed by atoms with van der Waals surface area (Å²) in [6.07, 6.45) is 2.37. The molecule has 0 spiro atoms. The molecule has 0 aromatic carbocycles. The lowest BCUT2D eigenvalue weighted by Gasteiger charge is -2.33. The molecule has 6 nitrogen and oxygen atoms in total. The number of hydrogen-bond acceptors (Lipinski definition) is 3. The third-order valence-electron chi connectivity index (χ3n) is 2.71. The molecule has 17 heavy (non-hydrogen) atoms. The summed E-state index contributed by atoms with van der Waals surface area (Å²) >= 11 is 0. The van der Waals surface area contributed by atoms with Crippen LogP contribution in [0.25, 0.3) is 0 Å².